The SMILES string of the molecule is COc1ccc(-n2c(SCC(=O)N3CCN(C(=O)COc4ccccc4)C(C)C3)nnc2-c2ccc(C)cc2)cc1. The van der Waals surface area contributed by atoms with Crippen molar-refractivity contribution in [3.05, 3.63) is 84.4 Å². The van der Waals surface area contributed by atoms with Crippen LogP contribution in [0.15, 0.2) is 84.0 Å². The number of carbonyl (C=O) groups is 2. The zero-order valence-electron chi connectivity index (χ0n) is 23.4. The van der Waals surface area contributed by atoms with Crippen LogP contribution >= 0.6 is 11.8 Å². The van der Waals surface area contributed by atoms with E-state index in [2.05, 4.69) is 10.2 Å². The van der Waals surface area contributed by atoms with E-state index in [4.69, 9.17) is 9.47 Å². The van der Waals surface area contributed by atoms with Crippen LogP contribution < -0.4 is 9.47 Å². The number of rotatable bonds is 9. The highest BCUT2D eigenvalue weighted by molar-refractivity contribution is 7.99. The summed E-state index contributed by atoms with van der Waals surface area (Å²) in [5.74, 6) is 2.23. The van der Waals surface area contributed by atoms with Crippen molar-refractivity contribution in [1.82, 2.24) is 24.6 Å². The Morgan fingerprint density at radius 1 is 0.902 bits per heavy atom. The monoisotopic (exact) mass is 571 g/mol. The van der Waals surface area contributed by atoms with Crippen LogP contribution in [0, 0.1) is 6.92 Å². The molecular weight excluding hydrogens is 538 g/mol. The van der Waals surface area contributed by atoms with Crippen molar-refractivity contribution in [3.8, 4) is 28.6 Å². The zero-order chi connectivity index (χ0) is 28.8. The molecule has 0 aliphatic carbocycles. The molecule has 9 nitrogen and oxygen atoms in total. The largest absolute Gasteiger partial charge is 0.497 e. The lowest BCUT2D eigenvalue weighted by molar-refractivity contribution is -0.142. The van der Waals surface area contributed by atoms with Crippen molar-refractivity contribution in [2.45, 2.75) is 25.0 Å². The van der Waals surface area contributed by atoms with Gasteiger partial charge in [-0.3, -0.25) is 14.2 Å². The average molecular weight is 572 g/mol. The third-order valence-corrected chi connectivity index (χ3v) is 7.92. The maximum atomic E-state index is 13.3. The lowest BCUT2D eigenvalue weighted by atomic mass is 10.1. The number of amides is 2. The Morgan fingerprint density at radius 2 is 1.63 bits per heavy atom. The molecular formula is C31H33N5O4S. The van der Waals surface area contributed by atoms with Gasteiger partial charge < -0.3 is 19.3 Å². The first-order valence-electron chi connectivity index (χ1n) is 13.5. The Balaban J connectivity index is 1.24. The van der Waals surface area contributed by atoms with Crippen molar-refractivity contribution in [2.75, 3.05) is 39.1 Å². The first-order chi connectivity index (χ1) is 19.9. The van der Waals surface area contributed by atoms with Gasteiger partial charge in [0.2, 0.25) is 5.91 Å². The summed E-state index contributed by atoms with van der Waals surface area (Å²) in [6.07, 6.45) is 0. The first kappa shape index (κ1) is 28.2. The lowest BCUT2D eigenvalue weighted by Crippen LogP contribution is -2.56. The molecule has 0 saturated carbocycles. The minimum Gasteiger partial charge on any atom is -0.497 e. The molecule has 41 heavy (non-hydrogen) atoms. The Bertz CT molecular complexity index is 1470. The van der Waals surface area contributed by atoms with Gasteiger partial charge in [0.25, 0.3) is 5.91 Å². The van der Waals surface area contributed by atoms with Gasteiger partial charge >= 0.3 is 0 Å². The molecule has 3 aromatic carbocycles. The number of carbonyl (C=O) groups excluding carboxylic acids is 2. The minimum absolute atomic E-state index is 0.00403. The topological polar surface area (TPSA) is 89.8 Å². The summed E-state index contributed by atoms with van der Waals surface area (Å²) in [6.45, 7) is 5.38. The molecule has 10 heteroatoms. The summed E-state index contributed by atoms with van der Waals surface area (Å²) in [5, 5.41) is 9.56. The number of para-hydroxylation sites is 1. The van der Waals surface area contributed by atoms with Crippen LogP contribution in [0.1, 0.15) is 12.5 Å². The number of nitrogens with zero attached hydrogens (tertiary/aromatic N) is 5. The predicted molar refractivity (Wildman–Crippen MR) is 158 cm³/mol. The summed E-state index contributed by atoms with van der Waals surface area (Å²) in [4.78, 5) is 29.6. The first-order valence-corrected chi connectivity index (χ1v) is 14.5. The third-order valence-electron chi connectivity index (χ3n) is 7.00. The van der Waals surface area contributed by atoms with Gasteiger partial charge in [-0.25, -0.2) is 0 Å². The van der Waals surface area contributed by atoms with Crippen LogP contribution in [-0.4, -0.2) is 81.5 Å². The number of hydrogen-bond acceptors (Lipinski definition) is 7. The maximum Gasteiger partial charge on any atom is 0.260 e. The summed E-state index contributed by atoms with van der Waals surface area (Å²) in [5.41, 5.74) is 2.96. The highest BCUT2D eigenvalue weighted by Gasteiger charge is 2.30. The predicted octanol–water partition coefficient (Wildman–Crippen LogP) is 4.48. The highest BCUT2D eigenvalue weighted by Crippen LogP contribution is 2.29. The van der Waals surface area contributed by atoms with Gasteiger partial charge in [0.15, 0.2) is 17.6 Å². The van der Waals surface area contributed by atoms with Crippen LogP contribution in [-0.2, 0) is 9.59 Å². The number of aromatic nitrogens is 3. The highest BCUT2D eigenvalue weighted by atomic mass is 32.2. The minimum atomic E-state index is -0.110. The van der Waals surface area contributed by atoms with E-state index in [1.165, 1.54) is 11.8 Å². The van der Waals surface area contributed by atoms with E-state index in [9.17, 15) is 9.59 Å². The Hall–Kier alpha value is -4.31. The van der Waals surface area contributed by atoms with E-state index in [1.54, 1.807) is 12.0 Å². The molecule has 2 heterocycles. The van der Waals surface area contributed by atoms with Gasteiger partial charge in [-0.1, -0.05) is 59.8 Å². The Kier molecular flexibility index (Phi) is 8.88. The Labute approximate surface area is 244 Å². The second-order valence-corrected chi connectivity index (χ2v) is 10.8. The Morgan fingerprint density at radius 3 is 2.32 bits per heavy atom. The van der Waals surface area contributed by atoms with Crippen LogP contribution in [0.3, 0.4) is 0 Å². The molecule has 212 valence electrons. The number of benzene rings is 3. The summed E-state index contributed by atoms with van der Waals surface area (Å²) in [6, 6.07) is 25.0. The molecule has 0 spiro atoms. The van der Waals surface area contributed by atoms with E-state index in [0.717, 1.165) is 22.6 Å². The number of methoxy groups -OCH3 is 1. The van der Waals surface area contributed by atoms with Crippen LogP contribution in [0.25, 0.3) is 17.1 Å². The molecule has 0 radical (unpaired) electrons. The van der Waals surface area contributed by atoms with E-state index >= 15 is 0 Å². The van der Waals surface area contributed by atoms with Crippen LogP contribution in [0.4, 0.5) is 0 Å². The molecule has 5 rings (SSSR count). The van der Waals surface area contributed by atoms with Gasteiger partial charge in [0.05, 0.1) is 12.9 Å². The third kappa shape index (κ3) is 6.71. The standard InChI is InChI=1S/C31H33N5O4S/c1-22-9-11-24(12-10-22)30-32-33-31(36(30)25-13-15-26(39-3)16-14-25)41-21-29(38)34-17-18-35(23(2)19-34)28(37)20-40-27-7-5-4-6-8-27/h4-16,23H,17-21H2,1-3H3. The van der Waals surface area contributed by atoms with Gasteiger partial charge in [0.1, 0.15) is 11.5 Å². The van der Waals surface area contributed by atoms with Gasteiger partial charge in [-0.2, -0.15) is 0 Å². The van der Waals surface area contributed by atoms with Crippen molar-refractivity contribution in [1.29, 1.82) is 0 Å². The normalized spacial score (nSPS) is 15.0. The molecule has 0 bridgehead atoms. The fraction of sp³-hybridized carbons (Fsp3) is 0.290. The molecule has 1 unspecified atom stereocenters. The van der Waals surface area contributed by atoms with Crippen LogP contribution in [0.2, 0.25) is 0 Å². The molecule has 4 aromatic rings. The van der Waals surface area contributed by atoms with Crippen molar-refractivity contribution < 1.29 is 19.1 Å². The molecule has 2 amide bonds. The number of aryl methyl sites for hydroxylation is 1. The van der Waals surface area contributed by atoms with E-state index in [-0.39, 0.29) is 30.2 Å². The van der Waals surface area contributed by atoms with Gasteiger partial charge in [0, 0.05) is 36.9 Å². The van der Waals surface area contributed by atoms with E-state index in [0.29, 0.717) is 36.4 Å². The van der Waals surface area contributed by atoms with Crippen LogP contribution in [0.5, 0.6) is 11.5 Å². The molecule has 1 saturated heterocycles. The summed E-state index contributed by atoms with van der Waals surface area (Å²) in [7, 11) is 1.63. The molecule has 1 aliphatic heterocycles. The molecule has 0 N–H and O–H groups in total. The lowest BCUT2D eigenvalue weighted by Gasteiger charge is -2.39. The summed E-state index contributed by atoms with van der Waals surface area (Å²) >= 11 is 1.35. The van der Waals surface area contributed by atoms with E-state index < -0.39 is 0 Å². The van der Waals surface area contributed by atoms with E-state index in [1.807, 2.05) is 102 Å². The number of piperazine rings is 1. The molecule has 1 aliphatic rings. The molecule has 1 aromatic heterocycles. The average Bonchev–Trinajstić information content (AvgIpc) is 3.43. The molecule has 1 fully saturated rings. The quantitative estimate of drug-likeness (QED) is 0.274. The van der Waals surface area contributed by atoms with Crippen molar-refractivity contribution >= 4 is 23.6 Å². The van der Waals surface area contributed by atoms with Gasteiger partial charge in [-0.05, 0) is 50.2 Å². The number of ether oxygens (including phenoxy) is 2. The number of hydrogen-bond donors (Lipinski definition) is 0. The zero-order valence-corrected chi connectivity index (χ0v) is 24.2. The maximum absolute atomic E-state index is 13.3. The molecule has 1 atom stereocenters. The van der Waals surface area contributed by atoms with Crippen molar-refractivity contribution in [3.63, 3.8) is 0 Å². The fourth-order valence-electron chi connectivity index (χ4n) is 4.73. The van der Waals surface area contributed by atoms with Gasteiger partial charge in [-0.15, -0.1) is 10.2 Å². The number of thioether (sulfide) groups is 1. The second-order valence-electron chi connectivity index (χ2n) is 9.87. The van der Waals surface area contributed by atoms with Crippen molar-refractivity contribution in [2.24, 2.45) is 0 Å². The fourth-order valence-corrected chi connectivity index (χ4v) is 5.59. The summed E-state index contributed by atoms with van der Waals surface area (Å²) < 4.78 is 12.9. The second kappa shape index (κ2) is 12.9. The smallest absolute Gasteiger partial charge is 0.260 e.